The number of nitriles is 4. The normalized spacial score (nSPS) is 9.81. The Kier molecular flexibility index (Phi) is 12.8. The molecule has 0 amide bonds. The van der Waals surface area contributed by atoms with Crippen LogP contribution in [0.1, 0.15) is 32.1 Å². The van der Waals surface area contributed by atoms with E-state index in [2.05, 4.69) is 34.1 Å². The van der Waals surface area contributed by atoms with E-state index in [1.54, 1.807) is 0 Å². The predicted molar refractivity (Wildman–Crippen MR) is 78.4 cm³/mol. The molecule has 6 nitrogen and oxygen atoms in total. The Morgan fingerprint density at radius 3 is 1.00 bits per heavy atom. The van der Waals surface area contributed by atoms with Crippen LogP contribution < -0.4 is 0 Å². The summed E-state index contributed by atoms with van der Waals surface area (Å²) in [6, 6.07) is 8.49. The molecule has 0 aliphatic carbocycles. The van der Waals surface area contributed by atoms with E-state index in [0.29, 0.717) is 51.9 Å². The van der Waals surface area contributed by atoms with Gasteiger partial charge in [0, 0.05) is 51.9 Å². The van der Waals surface area contributed by atoms with E-state index in [9.17, 15) is 0 Å². The molecule has 0 spiro atoms. The fourth-order valence-electron chi connectivity index (χ4n) is 2.02. The molecule has 0 bridgehead atoms. The summed E-state index contributed by atoms with van der Waals surface area (Å²) in [5.41, 5.74) is 0. The number of hydrogen-bond acceptors (Lipinski definition) is 6. The standard InChI is InChI=1S/C15H22N6/c16-6-1-10-20(11-2-7-17)14-5-15-21(12-3-8-18)13-4-9-19/h1-5,10-15H2. The molecule has 0 heterocycles. The average molecular weight is 286 g/mol. The third-order valence-corrected chi connectivity index (χ3v) is 3.11. The van der Waals surface area contributed by atoms with Gasteiger partial charge >= 0.3 is 0 Å². The summed E-state index contributed by atoms with van der Waals surface area (Å²) in [7, 11) is 0. The zero-order valence-corrected chi connectivity index (χ0v) is 12.5. The lowest BCUT2D eigenvalue weighted by atomic mass is 10.2. The second kappa shape index (κ2) is 14.3. The fourth-order valence-corrected chi connectivity index (χ4v) is 2.02. The Morgan fingerprint density at radius 1 is 0.476 bits per heavy atom. The van der Waals surface area contributed by atoms with Gasteiger partial charge < -0.3 is 9.80 Å². The van der Waals surface area contributed by atoms with Gasteiger partial charge in [-0.25, -0.2) is 0 Å². The van der Waals surface area contributed by atoms with Gasteiger partial charge in [0.15, 0.2) is 0 Å². The second-order valence-electron chi connectivity index (χ2n) is 4.67. The zero-order valence-electron chi connectivity index (χ0n) is 12.5. The van der Waals surface area contributed by atoms with Crippen molar-refractivity contribution >= 4 is 0 Å². The molecule has 0 N–H and O–H groups in total. The maximum absolute atomic E-state index is 8.64. The van der Waals surface area contributed by atoms with Crippen molar-refractivity contribution < 1.29 is 0 Å². The molecule has 0 aromatic carbocycles. The minimum absolute atomic E-state index is 0.470. The van der Waals surface area contributed by atoms with Crippen LogP contribution in [0.25, 0.3) is 0 Å². The summed E-state index contributed by atoms with van der Waals surface area (Å²) >= 11 is 0. The molecular weight excluding hydrogens is 264 g/mol. The van der Waals surface area contributed by atoms with Crippen molar-refractivity contribution in [2.75, 3.05) is 39.3 Å². The van der Waals surface area contributed by atoms with E-state index in [1.165, 1.54) is 0 Å². The topological polar surface area (TPSA) is 102 Å². The van der Waals surface area contributed by atoms with Crippen LogP contribution in [0.4, 0.5) is 0 Å². The van der Waals surface area contributed by atoms with E-state index in [4.69, 9.17) is 21.0 Å². The molecule has 6 heteroatoms. The molecule has 0 unspecified atom stereocenters. The molecule has 0 aromatic rings. The van der Waals surface area contributed by atoms with Crippen LogP contribution in [-0.4, -0.2) is 49.1 Å². The smallest absolute Gasteiger partial charge is 0.0635 e. The van der Waals surface area contributed by atoms with Gasteiger partial charge in [0.1, 0.15) is 0 Å². The molecule has 112 valence electrons. The molecule has 0 fully saturated rings. The van der Waals surface area contributed by atoms with Crippen LogP contribution in [0.15, 0.2) is 0 Å². The van der Waals surface area contributed by atoms with Gasteiger partial charge in [-0.2, -0.15) is 21.0 Å². The lowest BCUT2D eigenvalue weighted by Gasteiger charge is -2.23. The van der Waals surface area contributed by atoms with Crippen molar-refractivity contribution in [1.29, 1.82) is 21.0 Å². The van der Waals surface area contributed by atoms with Crippen molar-refractivity contribution in [3.63, 3.8) is 0 Å². The first-order valence-corrected chi connectivity index (χ1v) is 7.21. The van der Waals surface area contributed by atoms with E-state index >= 15 is 0 Å². The molecule has 0 radical (unpaired) electrons. The Labute approximate surface area is 127 Å². The lowest BCUT2D eigenvalue weighted by Crippen LogP contribution is -2.32. The first kappa shape index (κ1) is 18.9. The zero-order chi connectivity index (χ0) is 15.8. The largest absolute Gasteiger partial charge is 0.301 e. The highest BCUT2D eigenvalue weighted by atomic mass is 15.1. The molecule has 21 heavy (non-hydrogen) atoms. The third-order valence-electron chi connectivity index (χ3n) is 3.11. The van der Waals surface area contributed by atoms with Crippen molar-refractivity contribution in [1.82, 2.24) is 9.80 Å². The van der Waals surface area contributed by atoms with Gasteiger partial charge in [-0.3, -0.25) is 0 Å². The Morgan fingerprint density at radius 2 is 0.762 bits per heavy atom. The van der Waals surface area contributed by atoms with E-state index < -0.39 is 0 Å². The summed E-state index contributed by atoms with van der Waals surface area (Å²) < 4.78 is 0. The van der Waals surface area contributed by atoms with Crippen LogP contribution in [0.3, 0.4) is 0 Å². The number of nitrogens with zero attached hydrogens (tertiary/aromatic N) is 6. The van der Waals surface area contributed by atoms with Gasteiger partial charge in [-0.1, -0.05) is 0 Å². The quantitative estimate of drug-likeness (QED) is 0.540. The second-order valence-corrected chi connectivity index (χ2v) is 4.67. The average Bonchev–Trinajstić information content (AvgIpc) is 2.51. The van der Waals surface area contributed by atoms with Gasteiger partial charge in [0.05, 0.1) is 24.3 Å². The highest BCUT2D eigenvalue weighted by Crippen LogP contribution is 2.00. The predicted octanol–water partition coefficient (Wildman–Crippen LogP) is 1.64. The number of rotatable bonds is 12. The Balaban J connectivity index is 4.10. The van der Waals surface area contributed by atoms with Crippen LogP contribution in [-0.2, 0) is 0 Å². The van der Waals surface area contributed by atoms with Crippen LogP contribution in [0.5, 0.6) is 0 Å². The van der Waals surface area contributed by atoms with Crippen LogP contribution in [0.2, 0.25) is 0 Å². The molecule has 0 aliphatic rings. The summed E-state index contributed by atoms with van der Waals surface area (Å²) in [4.78, 5) is 4.25. The number of hydrogen-bond donors (Lipinski definition) is 0. The molecule has 0 rings (SSSR count). The first-order chi connectivity index (χ1) is 10.3. The van der Waals surface area contributed by atoms with Gasteiger partial charge in [0.25, 0.3) is 0 Å². The maximum atomic E-state index is 8.64. The first-order valence-electron chi connectivity index (χ1n) is 7.21. The van der Waals surface area contributed by atoms with Crippen LogP contribution >= 0.6 is 0 Å². The summed E-state index contributed by atoms with van der Waals surface area (Å²) in [5, 5.41) is 34.5. The molecule has 0 aromatic heterocycles. The molecular formula is C15H22N6. The Hall–Kier alpha value is -2.12. The monoisotopic (exact) mass is 286 g/mol. The minimum atomic E-state index is 0.470. The molecule has 0 atom stereocenters. The summed E-state index contributed by atoms with van der Waals surface area (Å²) in [6.45, 7) is 4.42. The highest BCUT2D eigenvalue weighted by molar-refractivity contribution is 4.78. The van der Waals surface area contributed by atoms with Gasteiger partial charge in [-0.05, 0) is 19.5 Å². The fraction of sp³-hybridized carbons (Fsp3) is 0.733. The SMILES string of the molecule is N#CCCN(CCC#N)CCCN(CCC#N)CCC#N. The van der Waals surface area contributed by atoms with E-state index in [1.807, 2.05) is 0 Å². The lowest BCUT2D eigenvalue weighted by molar-refractivity contribution is 0.236. The van der Waals surface area contributed by atoms with Crippen molar-refractivity contribution in [2.45, 2.75) is 32.1 Å². The summed E-state index contributed by atoms with van der Waals surface area (Å²) in [6.07, 6.45) is 2.79. The minimum Gasteiger partial charge on any atom is -0.301 e. The van der Waals surface area contributed by atoms with E-state index in [-0.39, 0.29) is 0 Å². The van der Waals surface area contributed by atoms with Gasteiger partial charge in [-0.15, -0.1) is 0 Å². The van der Waals surface area contributed by atoms with Crippen LogP contribution in [0, 0.1) is 45.3 Å². The van der Waals surface area contributed by atoms with Gasteiger partial charge in [0.2, 0.25) is 0 Å². The third kappa shape index (κ3) is 11.4. The highest BCUT2D eigenvalue weighted by Gasteiger charge is 2.07. The Bertz CT molecular complexity index is 343. The van der Waals surface area contributed by atoms with Crippen molar-refractivity contribution in [2.24, 2.45) is 0 Å². The summed E-state index contributed by atoms with van der Waals surface area (Å²) in [5.74, 6) is 0. The van der Waals surface area contributed by atoms with Crippen molar-refractivity contribution in [3.05, 3.63) is 0 Å². The van der Waals surface area contributed by atoms with Crippen molar-refractivity contribution in [3.8, 4) is 24.3 Å². The maximum Gasteiger partial charge on any atom is 0.0635 e. The molecule has 0 aliphatic heterocycles. The molecule has 0 saturated heterocycles. The molecule has 0 saturated carbocycles. The van der Waals surface area contributed by atoms with E-state index in [0.717, 1.165) is 19.5 Å².